The monoisotopic (exact) mass is 564 g/mol. The fourth-order valence-corrected chi connectivity index (χ4v) is 7.42. The first-order valence-electron chi connectivity index (χ1n) is 14.5. The largest absolute Gasteiger partial charge is 0.506 e. The molecule has 1 unspecified atom stereocenters. The number of anilines is 2. The summed E-state index contributed by atoms with van der Waals surface area (Å²) in [5, 5.41) is 23.5. The highest BCUT2D eigenvalue weighted by molar-refractivity contribution is 5.65. The number of aryl methyl sites for hydroxylation is 2. The number of nitrogens with one attached hydrogen (secondary N) is 1. The number of hydrogen-bond donors (Lipinski definition) is 4. The summed E-state index contributed by atoms with van der Waals surface area (Å²) in [4.78, 5) is 0. The van der Waals surface area contributed by atoms with Crippen molar-refractivity contribution in [2.24, 2.45) is 0 Å². The Morgan fingerprint density at radius 1 is 0.667 bits per heavy atom. The van der Waals surface area contributed by atoms with Crippen LogP contribution in [0.3, 0.4) is 0 Å². The van der Waals surface area contributed by atoms with Gasteiger partial charge >= 0.3 is 0 Å². The van der Waals surface area contributed by atoms with Crippen molar-refractivity contribution in [1.82, 2.24) is 0 Å². The molecule has 42 heavy (non-hydrogen) atoms. The summed E-state index contributed by atoms with van der Waals surface area (Å²) in [6, 6.07) is 19.4. The Kier molecular flexibility index (Phi) is 6.19. The number of fused-ring (bicyclic) bond motifs is 4. The second-order valence-electron chi connectivity index (χ2n) is 13.4. The highest BCUT2D eigenvalue weighted by Crippen LogP contribution is 2.64. The van der Waals surface area contributed by atoms with Crippen molar-refractivity contribution in [1.29, 1.82) is 0 Å². The summed E-state index contributed by atoms with van der Waals surface area (Å²) in [6.45, 7) is 13.5. The number of nitrogen functional groups attached to an aromatic ring is 1. The van der Waals surface area contributed by atoms with E-state index >= 15 is 0 Å². The van der Waals surface area contributed by atoms with Gasteiger partial charge in [-0.1, -0.05) is 39.8 Å². The Hall–Kier alpha value is -4.32. The van der Waals surface area contributed by atoms with Gasteiger partial charge in [0.25, 0.3) is 0 Å². The van der Waals surface area contributed by atoms with Gasteiger partial charge in [-0.15, -0.1) is 0 Å². The molecule has 0 saturated heterocycles. The SMILES string of the molecule is CNc1ccc(Oc2cc3c(cc2C)C(C)(C)CC32CC(C)(C)c3cc(Oc4ccc(N)c(O)c4)c(C)cc32)cc1O. The first kappa shape index (κ1) is 27.8. The van der Waals surface area contributed by atoms with Crippen molar-refractivity contribution >= 4 is 11.4 Å². The van der Waals surface area contributed by atoms with Gasteiger partial charge < -0.3 is 30.7 Å². The molecule has 2 aliphatic rings. The fourth-order valence-electron chi connectivity index (χ4n) is 7.42. The van der Waals surface area contributed by atoms with E-state index < -0.39 is 0 Å². The molecule has 0 amide bonds. The maximum Gasteiger partial charge on any atom is 0.142 e. The van der Waals surface area contributed by atoms with E-state index in [1.165, 1.54) is 22.3 Å². The van der Waals surface area contributed by atoms with Crippen molar-refractivity contribution < 1.29 is 19.7 Å². The van der Waals surface area contributed by atoms with Crippen LogP contribution in [0, 0.1) is 13.8 Å². The van der Waals surface area contributed by atoms with E-state index in [0.717, 1.165) is 35.5 Å². The Bertz CT molecular complexity index is 1740. The van der Waals surface area contributed by atoms with Crippen LogP contribution in [0.1, 0.15) is 73.9 Å². The predicted octanol–water partition coefficient (Wildman–Crippen LogP) is 8.57. The summed E-state index contributed by atoms with van der Waals surface area (Å²) >= 11 is 0. The normalized spacial score (nSPS) is 19.4. The number of benzene rings is 4. The molecule has 1 atom stereocenters. The number of nitrogens with two attached hydrogens (primary N) is 1. The molecule has 0 heterocycles. The topological polar surface area (TPSA) is 97.0 Å². The van der Waals surface area contributed by atoms with Crippen molar-refractivity contribution in [2.45, 2.75) is 70.6 Å². The molecule has 0 radical (unpaired) electrons. The van der Waals surface area contributed by atoms with Crippen LogP contribution in [0.25, 0.3) is 0 Å². The molecular formula is C36H40N2O4. The second kappa shape index (κ2) is 9.35. The van der Waals surface area contributed by atoms with E-state index in [9.17, 15) is 10.2 Å². The first-order chi connectivity index (χ1) is 19.7. The molecule has 5 N–H and O–H groups in total. The average molecular weight is 565 g/mol. The van der Waals surface area contributed by atoms with Crippen molar-refractivity contribution in [2.75, 3.05) is 18.1 Å². The lowest BCUT2D eigenvalue weighted by Gasteiger charge is -2.31. The smallest absolute Gasteiger partial charge is 0.142 e. The van der Waals surface area contributed by atoms with Crippen LogP contribution in [0.15, 0.2) is 60.7 Å². The zero-order valence-electron chi connectivity index (χ0n) is 25.5. The first-order valence-corrected chi connectivity index (χ1v) is 14.5. The average Bonchev–Trinajstić information content (AvgIpc) is 3.25. The molecule has 0 aromatic heterocycles. The van der Waals surface area contributed by atoms with Gasteiger partial charge in [-0.05, 0) is 107 Å². The van der Waals surface area contributed by atoms with E-state index in [1.54, 1.807) is 31.3 Å². The number of rotatable bonds is 5. The van der Waals surface area contributed by atoms with Crippen molar-refractivity contribution in [3.05, 3.63) is 94.0 Å². The molecule has 2 aliphatic carbocycles. The number of phenolic OH excluding ortho intramolecular Hbond substituents is 2. The molecule has 0 fully saturated rings. The molecule has 6 rings (SSSR count). The van der Waals surface area contributed by atoms with Crippen molar-refractivity contribution in [3.8, 4) is 34.5 Å². The quantitative estimate of drug-likeness (QED) is 0.143. The minimum Gasteiger partial charge on any atom is -0.506 e. The molecule has 4 aromatic rings. The van der Waals surface area contributed by atoms with Crippen LogP contribution in [-0.4, -0.2) is 17.3 Å². The molecule has 0 aliphatic heterocycles. The van der Waals surface area contributed by atoms with E-state index in [0.29, 0.717) is 22.9 Å². The Morgan fingerprint density at radius 2 is 1.14 bits per heavy atom. The number of hydrogen-bond acceptors (Lipinski definition) is 6. The second-order valence-corrected chi connectivity index (χ2v) is 13.4. The lowest BCUT2D eigenvalue weighted by molar-refractivity contribution is 0.349. The molecular weight excluding hydrogens is 524 g/mol. The van der Waals surface area contributed by atoms with Crippen LogP contribution in [0.2, 0.25) is 0 Å². The standard InChI is InChI=1S/C36H40N2O4/c1-20-12-24-27(17-33(20)42-23-9-11-29(38-7)31(40)15-23)36(18-34(24,3)4)19-35(5,6)25-16-32(21(2)13-26(25)36)41-22-8-10-28(37)30(39)14-22/h8-17,38-40H,18-19,37H2,1-7H3. The van der Waals surface area contributed by atoms with E-state index in [4.69, 9.17) is 15.2 Å². The molecule has 6 nitrogen and oxygen atoms in total. The fraction of sp³-hybridized carbons (Fsp3) is 0.333. The van der Waals surface area contributed by atoms with Gasteiger partial charge in [0.05, 0.1) is 11.4 Å². The van der Waals surface area contributed by atoms with Crippen LogP contribution in [0.5, 0.6) is 34.5 Å². The number of phenols is 2. The lowest BCUT2D eigenvalue weighted by atomic mass is 9.72. The van der Waals surface area contributed by atoms with Gasteiger partial charge in [-0.3, -0.25) is 0 Å². The molecule has 1 spiro atoms. The number of aromatic hydroxyl groups is 2. The van der Waals surface area contributed by atoms with Crippen LogP contribution in [0.4, 0.5) is 11.4 Å². The third-order valence-electron chi connectivity index (χ3n) is 9.30. The van der Waals surface area contributed by atoms with Gasteiger partial charge in [0, 0.05) is 24.6 Å². The third-order valence-corrected chi connectivity index (χ3v) is 9.30. The van der Waals surface area contributed by atoms with Gasteiger partial charge in [0.15, 0.2) is 0 Å². The molecule has 0 bridgehead atoms. The Labute approximate surface area is 248 Å². The molecule has 4 aromatic carbocycles. The minimum absolute atomic E-state index is 0.0110. The van der Waals surface area contributed by atoms with Crippen LogP contribution < -0.4 is 20.5 Å². The van der Waals surface area contributed by atoms with E-state index in [-0.39, 0.29) is 27.7 Å². The summed E-state index contributed by atoms with van der Waals surface area (Å²) < 4.78 is 12.7. The lowest BCUT2D eigenvalue weighted by Crippen LogP contribution is -2.27. The van der Waals surface area contributed by atoms with E-state index in [1.807, 2.05) is 12.1 Å². The molecule has 218 valence electrons. The minimum atomic E-state index is -0.176. The van der Waals surface area contributed by atoms with Gasteiger partial charge in [0.1, 0.15) is 34.5 Å². The van der Waals surface area contributed by atoms with Crippen LogP contribution in [-0.2, 0) is 16.2 Å². The van der Waals surface area contributed by atoms with E-state index in [2.05, 4.69) is 71.1 Å². The third kappa shape index (κ3) is 4.32. The van der Waals surface area contributed by atoms with Crippen molar-refractivity contribution in [3.63, 3.8) is 0 Å². The van der Waals surface area contributed by atoms with Gasteiger partial charge in [0.2, 0.25) is 0 Å². The summed E-state index contributed by atoms with van der Waals surface area (Å²) in [5.41, 5.74) is 13.9. The van der Waals surface area contributed by atoms with Gasteiger partial charge in [-0.25, -0.2) is 0 Å². The zero-order chi connectivity index (χ0) is 30.2. The Morgan fingerprint density at radius 3 is 1.69 bits per heavy atom. The highest BCUT2D eigenvalue weighted by atomic mass is 16.5. The number of ether oxygens (including phenoxy) is 2. The maximum absolute atomic E-state index is 10.4. The molecule has 6 heteroatoms. The Balaban J connectivity index is 1.45. The highest BCUT2D eigenvalue weighted by Gasteiger charge is 2.56. The predicted molar refractivity (Wildman–Crippen MR) is 169 cm³/mol. The summed E-state index contributed by atoms with van der Waals surface area (Å²) in [5.74, 6) is 2.89. The zero-order valence-corrected chi connectivity index (χ0v) is 25.5. The van der Waals surface area contributed by atoms with Gasteiger partial charge in [-0.2, -0.15) is 0 Å². The summed E-state index contributed by atoms with van der Waals surface area (Å²) in [6.07, 6.45) is 1.97. The van der Waals surface area contributed by atoms with Crippen LogP contribution >= 0.6 is 0 Å². The molecule has 0 saturated carbocycles. The summed E-state index contributed by atoms with van der Waals surface area (Å²) in [7, 11) is 1.78. The maximum atomic E-state index is 10.4.